The Balaban J connectivity index is 1.76. The number of nitrogens with zero attached hydrogens (tertiary/aromatic N) is 2. The number of amides is 2. The highest BCUT2D eigenvalue weighted by atomic mass is 19.1. The van der Waals surface area contributed by atoms with Gasteiger partial charge >= 0.3 is 6.09 Å². The lowest BCUT2D eigenvalue weighted by Gasteiger charge is -2.14. The number of carbonyl (C=O) groups excluding carboxylic acids is 2. The second-order valence-electron chi connectivity index (χ2n) is 5.55. The maximum atomic E-state index is 14.4. The quantitative estimate of drug-likeness (QED) is 0.846. The van der Waals surface area contributed by atoms with Crippen molar-refractivity contribution in [3.8, 4) is 11.3 Å². The SMILES string of the molecule is CC(=O)NC[C@H]1CN(c2ccc(-c3cc(CO)on3)c(F)c2)C(=O)O1. The Kier molecular flexibility index (Phi) is 4.66. The normalized spacial score (nSPS) is 16.8. The lowest BCUT2D eigenvalue weighted by atomic mass is 10.1. The number of hydrogen-bond donors (Lipinski definition) is 2. The molecule has 0 bridgehead atoms. The van der Waals surface area contributed by atoms with E-state index in [1.165, 1.54) is 30.0 Å². The first-order chi connectivity index (χ1) is 12.0. The molecule has 0 spiro atoms. The third kappa shape index (κ3) is 3.61. The summed E-state index contributed by atoms with van der Waals surface area (Å²) in [6, 6.07) is 5.67. The Labute approximate surface area is 142 Å². The van der Waals surface area contributed by atoms with Crippen molar-refractivity contribution < 1.29 is 28.3 Å². The molecule has 25 heavy (non-hydrogen) atoms. The van der Waals surface area contributed by atoms with Crippen molar-refractivity contribution in [3.05, 3.63) is 35.8 Å². The van der Waals surface area contributed by atoms with Gasteiger partial charge in [0.25, 0.3) is 0 Å². The summed E-state index contributed by atoms with van der Waals surface area (Å²) in [6.45, 7) is 1.44. The van der Waals surface area contributed by atoms with Crippen LogP contribution in [0.4, 0.5) is 14.9 Å². The van der Waals surface area contributed by atoms with Crippen LogP contribution in [0.2, 0.25) is 0 Å². The molecule has 2 N–H and O–H groups in total. The Bertz CT molecular complexity index is 807. The van der Waals surface area contributed by atoms with Crippen LogP contribution in [0.1, 0.15) is 12.7 Å². The molecule has 1 fully saturated rings. The molecule has 0 aliphatic carbocycles. The minimum atomic E-state index is -0.605. The topological polar surface area (TPSA) is 105 Å². The van der Waals surface area contributed by atoms with Crippen molar-refractivity contribution >= 4 is 17.7 Å². The maximum absolute atomic E-state index is 14.4. The second-order valence-corrected chi connectivity index (χ2v) is 5.55. The van der Waals surface area contributed by atoms with Crippen molar-refractivity contribution in [2.45, 2.75) is 19.6 Å². The van der Waals surface area contributed by atoms with Crippen molar-refractivity contribution in [1.29, 1.82) is 0 Å². The van der Waals surface area contributed by atoms with Gasteiger partial charge in [-0.1, -0.05) is 5.16 Å². The minimum Gasteiger partial charge on any atom is -0.442 e. The molecule has 3 rings (SSSR count). The first kappa shape index (κ1) is 16.9. The van der Waals surface area contributed by atoms with Gasteiger partial charge in [-0.15, -0.1) is 0 Å². The highest BCUT2D eigenvalue weighted by Crippen LogP contribution is 2.28. The number of benzene rings is 1. The van der Waals surface area contributed by atoms with Gasteiger partial charge in [-0.2, -0.15) is 0 Å². The van der Waals surface area contributed by atoms with Crippen molar-refractivity contribution in [3.63, 3.8) is 0 Å². The fourth-order valence-corrected chi connectivity index (χ4v) is 2.49. The predicted molar refractivity (Wildman–Crippen MR) is 84.1 cm³/mol. The van der Waals surface area contributed by atoms with E-state index in [4.69, 9.17) is 14.4 Å². The average Bonchev–Trinajstić information content (AvgIpc) is 3.19. The summed E-state index contributed by atoms with van der Waals surface area (Å²) in [5.74, 6) is -0.587. The van der Waals surface area contributed by atoms with Crippen molar-refractivity contribution in [1.82, 2.24) is 10.5 Å². The molecule has 0 unspecified atom stereocenters. The number of aromatic nitrogens is 1. The molecule has 0 saturated carbocycles. The zero-order valence-electron chi connectivity index (χ0n) is 13.4. The minimum absolute atomic E-state index is 0.189. The van der Waals surface area contributed by atoms with Crippen LogP contribution in [-0.4, -0.2) is 41.5 Å². The van der Waals surface area contributed by atoms with Crippen LogP contribution >= 0.6 is 0 Å². The Hall–Kier alpha value is -2.94. The van der Waals surface area contributed by atoms with Gasteiger partial charge in [0.15, 0.2) is 5.76 Å². The molecule has 2 amide bonds. The number of halogens is 1. The number of hydrogen-bond acceptors (Lipinski definition) is 6. The highest BCUT2D eigenvalue weighted by molar-refractivity contribution is 5.90. The summed E-state index contributed by atoms with van der Waals surface area (Å²) in [5.41, 5.74) is 0.776. The fraction of sp³-hybridized carbons (Fsp3) is 0.312. The molecule has 1 aliphatic rings. The summed E-state index contributed by atoms with van der Waals surface area (Å²) in [6.07, 6.45) is -1.10. The zero-order chi connectivity index (χ0) is 18.0. The van der Waals surface area contributed by atoms with Gasteiger partial charge < -0.3 is 19.7 Å². The summed E-state index contributed by atoms with van der Waals surface area (Å²) in [4.78, 5) is 24.2. The van der Waals surface area contributed by atoms with Crippen molar-refractivity contribution in [2.75, 3.05) is 18.0 Å². The van der Waals surface area contributed by atoms with Crippen molar-refractivity contribution in [2.24, 2.45) is 0 Å². The molecule has 1 atom stereocenters. The van der Waals surface area contributed by atoms with Crippen LogP contribution in [-0.2, 0) is 16.1 Å². The van der Waals surface area contributed by atoms with Gasteiger partial charge in [0, 0.05) is 18.6 Å². The molecule has 9 heteroatoms. The molecule has 2 aromatic rings. The van der Waals surface area contributed by atoms with E-state index in [1.807, 2.05) is 0 Å². The predicted octanol–water partition coefficient (Wildman–Crippen LogP) is 1.43. The van der Waals surface area contributed by atoms with E-state index < -0.39 is 18.0 Å². The van der Waals surface area contributed by atoms with Crippen LogP contribution in [0, 0.1) is 5.82 Å². The van der Waals surface area contributed by atoms with Crippen LogP contribution in [0.3, 0.4) is 0 Å². The molecule has 2 heterocycles. The van der Waals surface area contributed by atoms with E-state index in [0.29, 0.717) is 5.69 Å². The van der Waals surface area contributed by atoms with Crippen LogP contribution in [0.25, 0.3) is 11.3 Å². The van der Waals surface area contributed by atoms with E-state index in [-0.39, 0.29) is 42.6 Å². The summed E-state index contributed by atoms with van der Waals surface area (Å²) in [7, 11) is 0. The van der Waals surface area contributed by atoms with E-state index >= 15 is 0 Å². The average molecular weight is 349 g/mol. The molecular weight excluding hydrogens is 333 g/mol. The number of carbonyl (C=O) groups is 2. The van der Waals surface area contributed by atoms with E-state index in [0.717, 1.165) is 0 Å². The molecule has 132 valence electrons. The zero-order valence-corrected chi connectivity index (χ0v) is 13.4. The largest absolute Gasteiger partial charge is 0.442 e. The van der Waals surface area contributed by atoms with E-state index in [2.05, 4.69) is 10.5 Å². The van der Waals surface area contributed by atoms with Gasteiger partial charge in [-0.3, -0.25) is 9.69 Å². The van der Waals surface area contributed by atoms with Gasteiger partial charge in [-0.05, 0) is 18.2 Å². The Morgan fingerprint density at radius 1 is 1.48 bits per heavy atom. The molecule has 8 nitrogen and oxygen atoms in total. The van der Waals surface area contributed by atoms with E-state index in [9.17, 15) is 14.0 Å². The van der Waals surface area contributed by atoms with Gasteiger partial charge in [-0.25, -0.2) is 9.18 Å². The number of ether oxygens (including phenoxy) is 1. The Morgan fingerprint density at radius 2 is 2.28 bits per heavy atom. The molecule has 1 aromatic heterocycles. The van der Waals surface area contributed by atoms with Gasteiger partial charge in [0.05, 0.1) is 18.8 Å². The number of nitrogens with one attached hydrogen (secondary N) is 1. The fourth-order valence-electron chi connectivity index (χ4n) is 2.49. The number of aliphatic hydroxyl groups is 1. The first-order valence-electron chi connectivity index (χ1n) is 7.57. The summed E-state index contributed by atoms with van der Waals surface area (Å²) in [5, 5.41) is 15.2. The van der Waals surface area contributed by atoms with Crippen LogP contribution in [0.15, 0.2) is 28.8 Å². The standard InChI is InChI=1S/C16H16FN3O5/c1-9(22)18-6-12-7-20(16(23)24-12)10-2-3-13(14(17)4-10)15-5-11(8-21)25-19-15/h2-5,12,21H,6-8H2,1H3,(H,18,22)/t12-/m0/s1. The van der Waals surface area contributed by atoms with Gasteiger partial charge in [0.2, 0.25) is 5.91 Å². The molecule has 0 radical (unpaired) electrons. The lowest BCUT2D eigenvalue weighted by Crippen LogP contribution is -2.33. The first-order valence-corrected chi connectivity index (χ1v) is 7.57. The monoisotopic (exact) mass is 349 g/mol. The molecular formula is C16H16FN3O5. The molecule has 1 aromatic carbocycles. The van der Waals surface area contributed by atoms with Gasteiger partial charge in [0.1, 0.15) is 24.2 Å². The number of rotatable bonds is 5. The summed E-state index contributed by atoms with van der Waals surface area (Å²) >= 11 is 0. The molecule has 1 saturated heterocycles. The number of anilines is 1. The smallest absolute Gasteiger partial charge is 0.414 e. The Morgan fingerprint density at radius 3 is 2.92 bits per heavy atom. The lowest BCUT2D eigenvalue weighted by molar-refractivity contribution is -0.119. The third-order valence-electron chi connectivity index (χ3n) is 3.71. The number of cyclic esters (lactones) is 1. The second kappa shape index (κ2) is 6.89. The third-order valence-corrected chi connectivity index (χ3v) is 3.71. The van der Waals surface area contributed by atoms with E-state index in [1.54, 1.807) is 6.07 Å². The van der Waals surface area contributed by atoms with Crippen LogP contribution < -0.4 is 10.2 Å². The highest BCUT2D eigenvalue weighted by Gasteiger charge is 2.32. The number of aliphatic hydroxyl groups excluding tert-OH is 1. The summed E-state index contributed by atoms with van der Waals surface area (Å²) < 4.78 is 24.4. The molecule has 1 aliphatic heterocycles. The maximum Gasteiger partial charge on any atom is 0.414 e. The van der Waals surface area contributed by atoms with Crippen LogP contribution in [0.5, 0.6) is 0 Å².